The molecule has 3 heterocycles. The molecule has 0 N–H and O–H groups in total. The van der Waals surface area contributed by atoms with Gasteiger partial charge in [0.2, 0.25) is 5.82 Å². The van der Waals surface area contributed by atoms with E-state index in [0.717, 1.165) is 27.4 Å². The number of nitrogens with zero attached hydrogens (tertiary/aromatic N) is 4. The van der Waals surface area contributed by atoms with Gasteiger partial charge in [-0.15, -0.1) is 0 Å². The summed E-state index contributed by atoms with van der Waals surface area (Å²) in [6, 6.07) is 28.0. The molecule has 7 rings (SSSR count). The molecule has 0 aliphatic carbocycles. The zero-order valence-corrected chi connectivity index (χ0v) is 23.5. The average Bonchev–Trinajstić information content (AvgIpc) is 3.55. The summed E-state index contributed by atoms with van der Waals surface area (Å²) < 4.78 is 9.48. The second-order valence-corrected chi connectivity index (χ2v) is 10.8. The third kappa shape index (κ3) is 4.70. The standard InChI is InChI=1S/C32H19Cl3N4O2/c33-22-10-12-29-20(14-22)15-30(41-29)31-37-27-7-3-1-6-24(27)32(40)39(31)36-16-21-18-38(28-8-4-2-5-23(21)28)17-19-9-11-25(34)26(35)13-19/h1-16,18H,17H2. The van der Waals surface area contributed by atoms with E-state index in [1.54, 1.807) is 48.7 Å². The highest BCUT2D eigenvalue weighted by Gasteiger charge is 2.17. The number of furan rings is 1. The van der Waals surface area contributed by atoms with Gasteiger partial charge in [0, 0.05) is 39.6 Å². The first kappa shape index (κ1) is 25.6. The van der Waals surface area contributed by atoms with Gasteiger partial charge in [0.1, 0.15) is 5.58 Å². The second kappa shape index (κ2) is 10.2. The van der Waals surface area contributed by atoms with Crippen molar-refractivity contribution in [3.05, 3.63) is 134 Å². The number of benzene rings is 4. The zero-order chi connectivity index (χ0) is 28.1. The lowest BCUT2D eigenvalue weighted by atomic mass is 10.2. The van der Waals surface area contributed by atoms with Crippen LogP contribution in [0.5, 0.6) is 0 Å². The summed E-state index contributed by atoms with van der Waals surface area (Å²) in [4.78, 5) is 18.5. The Morgan fingerprint density at radius 3 is 2.51 bits per heavy atom. The van der Waals surface area contributed by atoms with E-state index in [1.807, 2.05) is 54.7 Å². The van der Waals surface area contributed by atoms with Gasteiger partial charge < -0.3 is 8.98 Å². The van der Waals surface area contributed by atoms with Gasteiger partial charge >= 0.3 is 0 Å². The minimum absolute atomic E-state index is 0.289. The molecule has 0 atom stereocenters. The minimum atomic E-state index is -0.306. The van der Waals surface area contributed by atoms with Crippen LogP contribution in [0.15, 0.2) is 112 Å². The summed E-state index contributed by atoms with van der Waals surface area (Å²) in [6.07, 6.45) is 3.67. The quantitative estimate of drug-likeness (QED) is 0.187. The van der Waals surface area contributed by atoms with E-state index in [0.29, 0.717) is 43.9 Å². The summed E-state index contributed by atoms with van der Waals surface area (Å²) in [5, 5.41) is 8.51. The van der Waals surface area contributed by atoms with E-state index >= 15 is 0 Å². The number of para-hydroxylation sites is 2. The van der Waals surface area contributed by atoms with Crippen molar-refractivity contribution in [3.8, 4) is 11.6 Å². The van der Waals surface area contributed by atoms with Crippen LogP contribution in [0.25, 0.3) is 44.4 Å². The lowest BCUT2D eigenvalue weighted by Crippen LogP contribution is -2.20. The summed E-state index contributed by atoms with van der Waals surface area (Å²) >= 11 is 18.6. The fourth-order valence-electron chi connectivity index (χ4n) is 4.98. The first-order valence-corrected chi connectivity index (χ1v) is 13.9. The summed E-state index contributed by atoms with van der Waals surface area (Å²) in [5.74, 6) is 0.695. The first-order chi connectivity index (χ1) is 19.9. The van der Waals surface area contributed by atoms with E-state index in [4.69, 9.17) is 44.2 Å². The average molecular weight is 598 g/mol. The lowest BCUT2D eigenvalue weighted by molar-refractivity contribution is 0.616. The molecule has 9 heteroatoms. The van der Waals surface area contributed by atoms with E-state index in [2.05, 4.69) is 9.67 Å². The molecule has 0 amide bonds. The Balaban J connectivity index is 1.37. The van der Waals surface area contributed by atoms with Crippen LogP contribution < -0.4 is 5.56 Å². The van der Waals surface area contributed by atoms with Crippen molar-refractivity contribution < 1.29 is 4.42 Å². The second-order valence-electron chi connectivity index (χ2n) is 9.58. The molecule has 7 aromatic rings. The molecule has 0 fully saturated rings. The molecule has 0 spiro atoms. The van der Waals surface area contributed by atoms with E-state index in [-0.39, 0.29) is 11.4 Å². The maximum absolute atomic E-state index is 13.7. The highest BCUT2D eigenvalue weighted by atomic mass is 35.5. The maximum Gasteiger partial charge on any atom is 0.282 e. The number of hydrogen-bond donors (Lipinski definition) is 0. The van der Waals surface area contributed by atoms with Crippen LogP contribution in [0.3, 0.4) is 0 Å². The zero-order valence-electron chi connectivity index (χ0n) is 21.3. The van der Waals surface area contributed by atoms with Crippen molar-refractivity contribution in [1.82, 2.24) is 14.2 Å². The highest BCUT2D eigenvalue weighted by Crippen LogP contribution is 2.30. The number of halogens is 3. The van der Waals surface area contributed by atoms with Crippen LogP contribution in [0.2, 0.25) is 15.1 Å². The largest absolute Gasteiger partial charge is 0.453 e. The van der Waals surface area contributed by atoms with E-state index < -0.39 is 0 Å². The van der Waals surface area contributed by atoms with Gasteiger partial charge in [-0.05, 0) is 60.2 Å². The molecule has 0 radical (unpaired) electrons. The number of rotatable bonds is 5. The molecule has 200 valence electrons. The molecule has 4 aromatic carbocycles. The molecule has 41 heavy (non-hydrogen) atoms. The number of aromatic nitrogens is 3. The SMILES string of the molecule is O=c1c2ccccc2nc(-c2cc3cc(Cl)ccc3o2)n1N=Cc1cn(Cc2ccc(Cl)c(Cl)c2)c2ccccc12. The fourth-order valence-corrected chi connectivity index (χ4v) is 5.48. The molecule has 0 unspecified atom stereocenters. The van der Waals surface area contributed by atoms with Crippen molar-refractivity contribution in [3.63, 3.8) is 0 Å². The third-order valence-corrected chi connectivity index (χ3v) is 7.90. The van der Waals surface area contributed by atoms with Crippen molar-refractivity contribution in [2.24, 2.45) is 5.10 Å². The van der Waals surface area contributed by atoms with Crippen molar-refractivity contribution in [1.29, 1.82) is 0 Å². The Labute approximate surface area is 248 Å². The van der Waals surface area contributed by atoms with Gasteiger partial charge in [-0.1, -0.05) is 71.2 Å². The third-order valence-electron chi connectivity index (χ3n) is 6.92. The Morgan fingerprint density at radius 1 is 0.854 bits per heavy atom. The van der Waals surface area contributed by atoms with Crippen molar-refractivity contribution >= 4 is 73.8 Å². The smallest absolute Gasteiger partial charge is 0.282 e. The summed E-state index contributed by atoms with van der Waals surface area (Å²) in [7, 11) is 0. The van der Waals surface area contributed by atoms with Gasteiger partial charge in [0.15, 0.2) is 5.76 Å². The Hall–Kier alpha value is -4.36. The van der Waals surface area contributed by atoms with Gasteiger partial charge in [0.05, 0.1) is 27.2 Å². The van der Waals surface area contributed by atoms with Gasteiger partial charge in [0.25, 0.3) is 5.56 Å². The Kier molecular flexibility index (Phi) is 6.39. The van der Waals surface area contributed by atoms with Crippen LogP contribution in [0.4, 0.5) is 0 Å². The lowest BCUT2D eigenvalue weighted by Gasteiger charge is -2.07. The topological polar surface area (TPSA) is 65.3 Å². The predicted octanol–water partition coefficient (Wildman–Crippen LogP) is 8.66. The van der Waals surface area contributed by atoms with Crippen LogP contribution >= 0.6 is 34.8 Å². The maximum atomic E-state index is 13.7. The molecule has 6 nitrogen and oxygen atoms in total. The molecule has 0 aliphatic heterocycles. The van der Waals surface area contributed by atoms with Crippen LogP contribution in [0.1, 0.15) is 11.1 Å². The van der Waals surface area contributed by atoms with Crippen LogP contribution in [-0.4, -0.2) is 20.4 Å². The number of hydrogen-bond acceptors (Lipinski definition) is 4. The molecule has 0 saturated carbocycles. The molecule has 0 saturated heterocycles. The van der Waals surface area contributed by atoms with Gasteiger partial charge in [-0.25, -0.2) is 4.98 Å². The molecular formula is C32H19Cl3N4O2. The number of fused-ring (bicyclic) bond motifs is 3. The predicted molar refractivity (Wildman–Crippen MR) is 167 cm³/mol. The molecule has 0 aliphatic rings. The van der Waals surface area contributed by atoms with Crippen LogP contribution in [-0.2, 0) is 6.54 Å². The van der Waals surface area contributed by atoms with Gasteiger partial charge in [-0.3, -0.25) is 4.79 Å². The van der Waals surface area contributed by atoms with E-state index in [9.17, 15) is 4.79 Å². The van der Waals surface area contributed by atoms with Gasteiger partial charge in [-0.2, -0.15) is 9.78 Å². The first-order valence-electron chi connectivity index (χ1n) is 12.7. The van der Waals surface area contributed by atoms with Crippen LogP contribution in [0, 0.1) is 0 Å². The molecule has 3 aromatic heterocycles. The highest BCUT2D eigenvalue weighted by molar-refractivity contribution is 6.42. The van der Waals surface area contributed by atoms with E-state index in [1.165, 1.54) is 4.68 Å². The Morgan fingerprint density at radius 2 is 1.66 bits per heavy atom. The normalized spacial score (nSPS) is 11.9. The van der Waals surface area contributed by atoms with Crippen molar-refractivity contribution in [2.75, 3.05) is 0 Å². The fraction of sp³-hybridized carbons (Fsp3) is 0.0312. The summed E-state index contributed by atoms with van der Waals surface area (Å²) in [5.41, 5.74) is 3.73. The molecular weight excluding hydrogens is 579 g/mol. The molecule has 0 bridgehead atoms. The minimum Gasteiger partial charge on any atom is -0.453 e. The summed E-state index contributed by atoms with van der Waals surface area (Å²) in [6.45, 7) is 0.579. The van der Waals surface area contributed by atoms with Crippen molar-refractivity contribution in [2.45, 2.75) is 6.54 Å². The monoisotopic (exact) mass is 596 g/mol. The Bertz CT molecular complexity index is 2210.